The Balaban J connectivity index is 2.11. The van der Waals surface area contributed by atoms with Gasteiger partial charge in [0.05, 0.1) is 30.4 Å². The van der Waals surface area contributed by atoms with Crippen molar-refractivity contribution in [3.05, 3.63) is 18.2 Å². The normalized spacial score (nSPS) is 18.2. The van der Waals surface area contributed by atoms with Crippen LogP contribution in [0, 0.1) is 0 Å². The van der Waals surface area contributed by atoms with Crippen molar-refractivity contribution in [3.8, 4) is 11.5 Å². The Hall–Kier alpha value is -1.43. The van der Waals surface area contributed by atoms with Gasteiger partial charge in [0.25, 0.3) is 0 Å². The molecule has 1 heterocycles. The molecule has 21 heavy (non-hydrogen) atoms. The maximum atomic E-state index is 11.5. The van der Waals surface area contributed by atoms with E-state index in [1.165, 1.54) is 0 Å². The molecule has 0 spiro atoms. The van der Waals surface area contributed by atoms with Gasteiger partial charge >= 0.3 is 0 Å². The molecule has 1 aliphatic rings. The standard InChI is InChI=1S/C15H23NO4S/c1-3-19-13-5-6-15(20-4-2)14(11-13)16-12-7-9-21(17,18)10-8-12/h5-6,11-12,16H,3-4,7-10H2,1-2H3. The quantitative estimate of drug-likeness (QED) is 0.874. The van der Waals surface area contributed by atoms with Crippen molar-refractivity contribution in [2.75, 3.05) is 30.0 Å². The highest BCUT2D eigenvalue weighted by atomic mass is 32.2. The van der Waals surface area contributed by atoms with Crippen molar-refractivity contribution < 1.29 is 17.9 Å². The lowest BCUT2D eigenvalue weighted by molar-refractivity contribution is 0.331. The molecular weight excluding hydrogens is 290 g/mol. The van der Waals surface area contributed by atoms with Crippen LogP contribution in [0.4, 0.5) is 5.69 Å². The van der Waals surface area contributed by atoms with Crippen LogP contribution in [0.3, 0.4) is 0 Å². The topological polar surface area (TPSA) is 64.6 Å². The van der Waals surface area contributed by atoms with Gasteiger partial charge in [0.1, 0.15) is 21.3 Å². The lowest BCUT2D eigenvalue weighted by Gasteiger charge is -2.25. The predicted molar refractivity (Wildman–Crippen MR) is 84.1 cm³/mol. The van der Waals surface area contributed by atoms with Gasteiger partial charge < -0.3 is 14.8 Å². The Morgan fingerprint density at radius 1 is 1.14 bits per heavy atom. The predicted octanol–water partition coefficient (Wildman–Crippen LogP) is 2.47. The minimum atomic E-state index is -2.84. The van der Waals surface area contributed by atoms with Gasteiger partial charge in [0, 0.05) is 12.1 Å². The van der Waals surface area contributed by atoms with E-state index in [1.54, 1.807) is 0 Å². The van der Waals surface area contributed by atoms with E-state index in [1.807, 2.05) is 32.0 Å². The first-order chi connectivity index (χ1) is 10.0. The first-order valence-electron chi connectivity index (χ1n) is 7.40. The van der Waals surface area contributed by atoms with E-state index in [9.17, 15) is 8.42 Å². The molecule has 6 heteroatoms. The van der Waals surface area contributed by atoms with Crippen LogP contribution in [0.2, 0.25) is 0 Å². The van der Waals surface area contributed by atoms with Crippen molar-refractivity contribution in [3.63, 3.8) is 0 Å². The summed E-state index contributed by atoms with van der Waals surface area (Å²) in [4.78, 5) is 0. The van der Waals surface area contributed by atoms with Crippen molar-refractivity contribution in [2.45, 2.75) is 32.7 Å². The van der Waals surface area contributed by atoms with Crippen molar-refractivity contribution in [2.24, 2.45) is 0 Å². The van der Waals surface area contributed by atoms with Crippen molar-refractivity contribution in [1.82, 2.24) is 0 Å². The van der Waals surface area contributed by atoms with E-state index in [0.29, 0.717) is 26.1 Å². The van der Waals surface area contributed by atoms with Gasteiger partial charge in [-0.25, -0.2) is 8.42 Å². The summed E-state index contributed by atoms with van der Waals surface area (Å²) in [6.45, 7) is 5.07. The number of hydrogen-bond donors (Lipinski definition) is 1. The van der Waals surface area contributed by atoms with Crippen LogP contribution in [0.5, 0.6) is 11.5 Å². The summed E-state index contributed by atoms with van der Waals surface area (Å²) in [6.07, 6.45) is 1.26. The van der Waals surface area contributed by atoms with E-state index >= 15 is 0 Å². The van der Waals surface area contributed by atoms with E-state index in [2.05, 4.69) is 5.32 Å². The first-order valence-corrected chi connectivity index (χ1v) is 9.23. The van der Waals surface area contributed by atoms with Gasteiger partial charge in [-0.1, -0.05) is 0 Å². The third-order valence-corrected chi connectivity index (χ3v) is 5.19. The zero-order valence-electron chi connectivity index (χ0n) is 12.6. The zero-order valence-corrected chi connectivity index (χ0v) is 13.4. The monoisotopic (exact) mass is 313 g/mol. The summed E-state index contributed by atoms with van der Waals surface area (Å²) in [5, 5.41) is 3.40. The Bertz CT molecular complexity index is 557. The Morgan fingerprint density at radius 3 is 2.43 bits per heavy atom. The van der Waals surface area contributed by atoms with Crippen LogP contribution in [0.1, 0.15) is 26.7 Å². The molecule has 1 fully saturated rings. The van der Waals surface area contributed by atoms with Gasteiger partial charge in [0.15, 0.2) is 0 Å². The molecule has 118 valence electrons. The number of anilines is 1. The lowest BCUT2D eigenvalue weighted by atomic mass is 10.1. The molecule has 1 aromatic carbocycles. The number of benzene rings is 1. The molecule has 0 saturated carbocycles. The second-order valence-corrected chi connectivity index (χ2v) is 7.40. The molecule has 1 N–H and O–H groups in total. The molecule has 1 aliphatic heterocycles. The lowest BCUT2D eigenvalue weighted by Crippen LogP contribution is -2.32. The Morgan fingerprint density at radius 2 is 1.81 bits per heavy atom. The summed E-state index contributed by atoms with van der Waals surface area (Å²) in [5.74, 6) is 2.06. The van der Waals surface area contributed by atoms with Crippen LogP contribution >= 0.6 is 0 Å². The van der Waals surface area contributed by atoms with E-state index in [0.717, 1.165) is 17.2 Å². The molecule has 0 unspecified atom stereocenters. The van der Waals surface area contributed by atoms with Gasteiger partial charge in [-0.2, -0.15) is 0 Å². The highest BCUT2D eigenvalue weighted by molar-refractivity contribution is 7.91. The fourth-order valence-corrected chi connectivity index (χ4v) is 3.91. The molecule has 5 nitrogen and oxygen atoms in total. The van der Waals surface area contributed by atoms with Crippen LogP contribution in [-0.4, -0.2) is 39.2 Å². The fourth-order valence-electron chi connectivity index (χ4n) is 2.41. The SMILES string of the molecule is CCOc1ccc(OCC)c(NC2CCS(=O)(=O)CC2)c1. The average molecular weight is 313 g/mol. The van der Waals surface area contributed by atoms with Gasteiger partial charge in [-0.3, -0.25) is 0 Å². The van der Waals surface area contributed by atoms with Crippen LogP contribution in [0.15, 0.2) is 18.2 Å². The third kappa shape index (κ3) is 4.52. The minimum absolute atomic E-state index is 0.157. The van der Waals surface area contributed by atoms with Gasteiger partial charge in [-0.15, -0.1) is 0 Å². The largest absolute Gasteiger partial charge is 0.494 e. The molecule has 0 atom stereocenters. The molecule has 2 rings (SSSR count). The van der Waals surface area contributed by atoms with Crippen LogP contribution in [-0.2, 0) is 9.84 Å². The van der Waals surface area contributed by atoms with Crippen LogP contribution in [0.25, 0.3) is 0 Å². The zero-order chi connectivity index (χ0) is 15.3. The second-order valence-electron chi connectivity index (χ2n) is 5.09. The number of ether oxygens (including phenoxy) is 2. The first kappa shape index (κ1) is 15.9. The third-order valence-electron chi connectivity index (χ3n) is 3.48. The molecule has 0 bridgehead atoms. The fraction of sp³-hybridized carbons (Fsp3) is 0.600. The smallest absolute Gasteiger partial charge is 0.150 e. The number of sulfone groups is 1. The summed E-state index contributed by atoms with van der Waals surface area (Å²) < 4.78 is 34.1. The summed E-state index contributed by atoms with van der Waals surface area (Å²) in [7, 11) is -2.84. The second kappa shape index (κ2) is 7.02. The van der Waals surface area contributed by atoms with Gasteiger partial charge in [0.2, 0.25) is 0 Å². The van der Waals surface area contributed by atoms with Crippen LogP contribution < -0.4 is 14.8 Å². The molecular formula is C15H23NO4S. The summed E-state index contributed by atoms with van der Waals surface area (Å²) >= 11 is 0. The molecule has 1 saturated heterocycles. The molecule has 1 aromatic rings. The summed E-state index contributed by atoms with van der Waals surface area (Å²) in [6, 6.07) is 5.84. The molecule has 0 aromatic heterocycles. The highest BCUT2D eigenvalue weighted by Crippen LogP contribution is 2.31. The maximum absolute atomic E-state index is 11.5. The maximum Gasteiger partial charge on any atom is 0.150 e. The number of rotatable bonds is 6. The molecule has 0 amide bonds. The van der Waals surface area contributed by atoms with E-state index in [4.69, 9.17) is 9.47 Å². The number of nitrogens with one attached hydrogen (secondary N) is 1. The number of hydrogen-bond acceptors (Lipinski definition) is 5. The highest BCUT2D eigenvalue weighted by Gasteiger charge is 2.24. The van der Waals surface area contributed by atoms with Gasteiger partial charge in [-0.05, 0) is 38.8 Å². The molecule has 0 radical (unpaired) electrons. The van der Waals surface area contributed by atoms with E-state index < -0.39 is 9.84 Å². The summed E-state index contributed by atoms with van der Waals surface area (Å²) in [5.41, 5.74) is 0.868. The Kier molecular flexibility index (Phi) is 5.33. The Labute approximate surface area is 126 Å². The molecule has 0 aliphatic carbocycles. The van der Waals surface area contributed by atoms with Crippen molar-refractivity contribution >= 4 is 15.5 Å². The van der Waals surface area contributed by atoms with E-state index in [-0.39, 0.29) is 17.5 Å². The average Bonchev–Trinajstić information content (AvgIpc) is 2.44. The van der Waals surface area contributed by atoms with Crippen molar-refractivity contribution in [1.29, 1.82) is 0 Å². The minimum Gasteiger partial charge on any atom is -0.494 e.